The monoisotopic (exact) mass is 364 g/mol. The van der Waals surface area contributed by atoms with Crippen LogP contribution >= 0.6 is 0 Å². The lowest BCUT2D eigenvalue weighted by molar-refractivity contribution is -0.121. The maximum atomic E-state index is 12.4. The van der Waals surface area contributed by atoms with Crippen LogP contribution < -0.4 is 5.32 Å². The smallest absolute Gasteiger partial charge is 0.226 e. The zero-order valence-corrected chi connectivity index (χ0v) is 15.9. The molecule has 0 saturated carbocycles. The van der Waals surface area contributed by atoms with Crippen LogP contribution in [0.1, 0.15) is 24.7 Å². The molecule has 3 aromatic rings. The topological polar surface area (TPSA) is 75.9 Å². The summed E-state index contributed by atoms with van der Waals surface area (Å²) in [5.74, 6) is 0.0199. The quantitative estimate of drug-likeness (QED) is 0.765. The van der Waals surface area contributed by atoms with Crippen LogP contribution in [0.15, 0.2) is 36.8 Å². The fourth-order valence-electron chi connectivity index (χ4n) is 3.68. The van der Waals surface area contributed by atoms with E-state index >= 15 is 0 Å². The number of hydrogen-bond donors (Lipinski definition) is 1. The largest absolute Gasteiger partial charge is 0.352 e. The van der Waals surface area contributed by atoms with Gasteiger partial charge in [0.2, 0.25) is 5.91 Å². The molecule has 0 unspecified atom stereocenters. The molecule has 4 heterocycles. The molecule has 1 aliphatic heterocycles. The lowest BCUT2D eigenvalue weighted by Crippen LogP contribution is -2.37. The van der Waals surface area contributed by atoms with E-state index in [1.165, 1.54) is 0 Å². The van der Waals surface area contributed by atoms with Crippen molar-refractivity contribution in [3.63, 3.8) is 0 Å². The summed E-state index contributed by atoms with van der Waals surface area (Å²) in [5, 5.41) is 8.56. The van der Waals surface area contributed by atoms with Crippen molar-refractivity contribution in [2.75, 3.05) is 13.6 Å². The van der Waals surface area contributed by atoms with Gasteiger partial charge in [-0.3, -0.25) is 14.8 Å². The normalized spacial score (nSPS) is 20.3. The molecular weight excluding hydrogens is 340 g/mol. The van der Waals surface area contributed by atoms with Gasteiger partial charge >= 0.3 is 0 Å². The predicted molar refractivity (Wildman–Crippen MR) is 104 cm³/mol. The van der Waals surface area contributed by atoms with Crippen molar-refractivity contribution in [2.45, 2.75) is 38.8 Å². The summed E-state index contributed by atoms with van der Waals surface area (Å²) >= 11 is 0. The minimum absolute atomic E-state index is 0.0199. The highest BCUT2D eigenvalue weighted by molar-refractivity contribution is 5.83. The maximum absolute atomic E-state index is 12.4. The number of aryl methyl sites for hydroxylation is 1. The summed E-state index contributed by atoms with van der Waals surface area (Å²) in [6.45, 7) is 5.04. The van der Waals surface area contributed by atoms with Crippen molar-refractivity contribution in [3.05, 3.63) is 48.2 Å². The molecule has 1 N–H and O–H groups in total. The highest BCUT2D eigenvalue weighted by Crippen LogP contribution is 2.19. The number of fused-ring (bicyclic) bond motifs is 1. The Kier molecular flexibility index (Phi) is 4.61. The van der Waals surface area contributed by atoms with Crippen molar-refractivity contribution in [1.82, 2.24) is 30.0 Å². The van der Waals surface area contributed by atoms with Gasteiger partial charge in [0.25, 0.3) is 0 Å². The van der Waals surface area contributed by atoms with Gasteiger partial charge in [-0.2, -0.15) is 5.10 Å². The zero-order valence-electron chi connectivity index (χ0n) is 15.9. The molecular formula is C20H24N6O. The van der Waals surface area contributed by atoms with Crippen LogP contribution in [0.5, 0.6) is 0 Å². The van der Waals surface area contributed by atoms with Crippen LogP contribution in [-0.2, 0) is 11.2 Å². The molecule has 1 amide bonds. The first kappa shape index (κ1) is 17.6. The minimum atomic E-state index is 0.0199. The zero-order chi connectivity index (χ0) is 19.0. The van der Waals surface area contributed by atoms with E-state index in [-0.39, 0.29) is 18.4 Å². The summed E-state index contributed by atoms with van der Waals surface area (Å²) in [6.07, 6.45) is 6.64. The molecule has 1 aliphatic rings. The molecule has 0 aromatic carbocycles. The Labute approximate surface area is 158 Å². The van der Waals surface area contributed by atoms with Crippen molar-refractivity contribution in [3.8, 4) is 5.69 Å². The molecule has 7 nitrogen and oxygen atoms in total. The Balaban J connectivity index is 1.49. The van der Waals surface area contributed by atoms with Crippen LogP contribution in [0, 0.1) is 6.92 Å². The predicted octanol–water partition coefficient (Wildman–Crippen LogP) is 1.88. The molecule has 7 heteroatoms. The number of likely N-dealkylation sites (N-methyl/N-ethyl adjacent to an activating group) is 1. The molecule has 1 saturated heterocycles. The van der Waals surface area contributed by atoms with Crippen molar-refractivity contribution < 1.29 is 4.79 Å². The van der Waals surface area contributed by atoms with Gasteiger partial charge in [0.1, 0.15) is 0 Å². The Bertz CT molecular complexity index is 972. The Morgan fingerprint density at radius 2 is 2.15 bits per heavy atom. The van der Waals surface area contributed by atoms with E-state index in [1.807, 2.05) is 36.0 Å². The fraction of sp³-hybridized carbons (Fsp3) is 0.400. The summed E-state index contributed by atoms with van der Waals surface area (Å²) in [5.41, 5.74) is 3.55. The second-order valence-electron chi connectivity index (χ2n) is 7.41. The first-order valence-corrected chi connectivity index (χ1v) is 9.25. The number of nitrogens with one attached hydrogen (secondary N) is 1. The fourth-order valence-corrected chi connectivity index (χ4v) is 3.68. The van der Waals surface area contributed by atoms with E-state index in [1.54, 1.807) is 12.4 Å². The standard InChI is InChI=1S/C20H24N6O/c1-13-6-18(4-5-21-13)26-19-11-22-16(8-15(19)10-23-26)9-20(27)24-17-7-14(2)25(3)12-17/h4-6,8,10-11,14,17H,7,9,12H2,1-3H3,(H,24,27)/t14-,17+/m0/s1. The van der Waals surface area contributed by atoms with Crippen LogP contribution in [0.25, 0.3) is 16.6 Å². The SMILES string of the molecule is Cc1cc(-n2ncc3cc(CC(=O)N[C@@H]4C[C@H](C)N(C)C4)ncc32)ccn1. The van der Waals surface area contributed by atoms with Gasteiger partial charge in [-0.1, -0.05) is 0 Å². The summed E-state index contributed by atoms with van der Waals surface area (Å²) in [4.78, 5) is 23.4. The highest BCUT2D eigenvalue weighted by atomic mass is 16.1. The third-order valence-corrected chi connectivity index (χ3v) is 5.23. The lowest BCUT2D eigenvalue weighted by atomic mass is 10.1. The maximum Gasteiger partial charge on any atom is 0.226 e. The number of rotatable bonds is 4. The van der Waals surface area contributed by atoms with Crippen molar-refractivity contribution >= 4 is 16.8 Å². The average Bonchev–Trinajstić information content (AvgIpc) is 3.17. The first-order valence-electron chi connectivity index (χ1n) is 9.25. The number of carbonyl (C=O) groups excluding carboxylic acids is 1. The van der Waals surface area contributed by atoms with Gasteiger partial charge in [-0.15, -0.1) is 0 Å². The molecule has 1 fully saturated rings. The molecule has 4 rings (SSSR count). The van der Waals surface area contributed by atoms with Crippen LogP contribution in [0.4, 0.5) is 0 Å². The number of likely N-dealkylation sites (tertiary alicyclic amines) is 1. The Morgan fingerprint density at radius 1 is 1.30 bits per heavy atom. The minimum Gasteiger partial charge on any atom is -0.352 e. The first-order chi connectivity index (χ1) is 13.0. The van der Waals surface area contributed by atoms with Crippen molar-refractivity contribution in [2.24, 2.45) is 0 Å². The number of nitrogens with zero attached hydrogens (tertiary/aromatic N) is 5. The summed E-state index contributed by atoms with van der Waals surface area (Å²) in [6, 6.07) is 6.57. The Hall–Kier alpha value is -2.80. The molecule has 0 aliphatic carbocycles. The van der Waals surface area contributed by atoms with Gasteiger partial charge in [-0.25, -0.2) is 4.68 Å². The van der Waals surface area contributed by atoms with Gasteiger partial charge in [0.05, 0.1) is 35.7 Å². The van der Waals surface area contributed by atoms with Gasteiger partial charge in [-0.05, 0) is 45.5 Å². The van der Waals surface area contributed by atoms with E-state index in [4.69, 9.17) is 0 Å². The number of hydrogen-bond acceptors (Lipinski definition) is 5. The second-order valence-corrected chi connectivity index (χ2v) is 7.41. The van der Waals surface area contributed by atoms with E-state index in [0.29, 0.717) is 6.04 Å². The van der Waals surface area contributed by atoms with Crippen LogP contribution in [-0.4, -0.2) is 56.2 Å². The van der Waals surface area contributed by atoms with Gasteiger partial charge in [0.15, 0.2) is 0 Å². The molecule has 3 aromatic heterocycles. The third-order valence-electron chi connectivity index (χ3n) is 5.23. The number of aromatic nitrogens is 4. The number of amides is 1. The molecule has 2 atom stereocenters. The lowest BCUT2D eigenvalue weighted by Gasteiger charge is -2.13. The average molecular weight is 364 g/mol. The summed E-state index contributed by atoms with van der Waals surface area (Å²) in [7, 11) is 2.09. The second kappa shape index (κ2) is 7.08. The van der Waals surface area contributed by atoms with E-state index in [0.717, 1.165) is 40.9 Å². The molecule has 0 spiro atoms. The van der Waals surface area contributed by atoms with Gasteiger partial charge in [0, 0.05) is 35.9 Å². The van der Waals surface area contributed by atoms with E-state index in [9.17, 15) is 4.79 Å². The molecule has 0 radical (unpaired) electrons. The number of pyridine rings is 2. The van der Waals surface area contributed by atoms with Crippen LogP contribution in [0.3, 0.4) is 0 Å². The van der Waals surface area contributed by atoms with Crippen LogP contribution in [0.2, 0.25) is 0 Å². The van der Waals surface area contributed by atoms with Gasteiger partial charge < -0.3 is 10.2 Å². The van der Waals surface area contributed by atoms with E-state index in [2.05, 4.69) is 39.3 Å². The molecule has 27 heavy (non-hydrogen) atoms. The number of carbonyl (C=O) groups is 1. The molecule has 0 bridgehead atoms. The van der Waals surface area contributed by atoms with E-state index < -0.39 is 0 Å². The molecule has 140 valence electrons. The van der Waals surface area contributed by atoms with Crippen molar-refractivity contribution in [1.29, 1.82) is 0 Å². The highest BCUT2D eigenvalue weighted by Gasteiger charge is 2.27. The summed E-state index contributed by atoms with van der Waals surface area (Å²) < 4.78 is 1.84. The Morgan fingerprint density at radius 3 is 2.89 bits per heavy atom. The third kappa shape index (κ3) is 3.68.